The summed E-state index contributed by atoms with van der Waals surface area (Å²) in [4.78, 5) is 16.4. The van der Waals surface area contributed by atoms with Crippen LogP contribution in [0.3, 0.4) is 0 Å². The maximum Gasteiger partial charge on any atom is 0.256 e. The minimum Gasteiger partial charge on any atom is -0.322 e. The number of hydrogen-bond donors (Lipinski definition) is 1. The smallest absolute Gasteiger partial charge is 0.256 e. The maximum absolute atomic E-state index is 12.3. The van der Waals surface area contributed by atoms with Crippen molar-refractivity contribution in [1.29, 1.82) is 0 Å². The summed E-state index contributed by atoms with van der Waals surface area (Å²) >= 11 is 0. The van der Waals surface area contributed by atoms with Crippen LogP contribution in [0.5, 0.6) is 0 Å². The normalized spacial score (nSPS) is 10.3. The second-order valence-corrected chi connectivity index (χ2v) is 4.22. The lowest BCUT2D eigenvalue weighted by Crippen LogP contribution is -2.12. The molecule has 0 atom stereocenters. The molecule has 0 radical (unpaired) electrons. The van der Waals surface area contributed by atoms with Gasteiger partial charge < -0.3 is 5.32 Å². The minimum absolute atomic E-state index is 0.121. The van der Waals surface area contributed by atoms with E-state index >= 15 is 0 Å². The van der Waals surface area contributed by atoms with E-state index in [4.69, 9.17) is 0 Å². The van der Waals surface area contributed by atoms with Gasteiger partial charge in [-0.05, 0) is 29.7 Å². The fourth-order valence-electron chi connectivity index (χ4n) is 2.03. The van der Waals surface area contributed by atoms with Gasteiger partial charge in [-0.15, -0.1) is 0 Å². The number of aromatic nitrogens is 1. The summed E-state index contributed by atoms with van der Waals surface area (Å²) in [5.41, 5.74) is 1.42. The van der Waals surface area contributed by atoms with Crippen LogP contribution in [0.25, 0.3) is 10.8 Å². The van der Waals surface area contributed by atoms with Crippen LogP contribution in [0.2, 0.25) is 0 Å². The minimum atomic E-state index is -0.121. The predicted molar refractivity (Wildman–Crippen MR) is 76.1 cm³/mol. The third-order valence-corrected chi connectivity index (χ3v) is 2.96. The second kappa shape index (κ2) is 4.90. The largest absolute Gasteiger partial charge is 0.322 e. The molecule has 1 amide bonds. The van der Waals surface area contributed by atoms with Crippen LogP contribution >= 0.6 is 0 Å². The first-order valence-electron chi connectivity index (χ1n) is 6.04. The molecule has 2 aromatic carbocycles. The number of carbonyl (C=O) groups is 1. The Hall–Kier alpha value is -2.68. The van der Waals surface area contributed by atoms with Crippen LogP contribution in [-0.4, -0.2) is 10.9 Å². The molecule has 0 aliphatic rings. The highest BCUT2D eigenvalue weighted by atomic mass is 16.1. The fourth-order valence-corrected chi connectivity index (χ4v) is 2.03. The number of benzene rings is 2. The highest BCUT2D eigenvalue weighted by molar-refractivity contribution is 6.12. The number of pyridine rings is 1. The number of para-hydroxylation sites is 1. The molecule has 0 unspecified atom stereocenters. The van der Waals surface area contributed by atoms with E-state index in [9.17, 15) is 4.79 Å². The Morgan fingerprint density at radius 3 is 2.63 bits per heavy atom. The molecule has 3 heteroatoms. The van der Waals surface area contributed by atoms with Crippen molar-refractivity contribution in [2.75, 3.05) is 5.32 Å². The first-order valence-corrected chi connectivity index (χ1v) is 6.04. The summed E-state index contributed by atoms with van der Waals surface area (Å²) < 4.78 is 0. The molecule has 0 aliphatic carbocycles. The van der Waals surface area contributed by atoms with E-state index < -0.39 is 0 Å². The summed E-state index contributed by atoms with van der Waals surface area (Å²) in [6.45, 7) is 0. The Balaban J connectivity index is 1.98. The van der Waals surface area contributed by atoms with Gasteiger partial charge in [-0.25, -0.2) is 0 Å². The highest BCUT2D eigenvalue weighted by Crippen LogP contribution is 2.18. The lowest BCUT2D eigenvalue weighted by atomic mass is 10.1. The Kier molecular flexibility index (Phi) is 2.94. The number of anilines is 1. The van der Waals surface area contributed by atoms with Gasteiger partial charge in [0.2, 0.25) is 0 Å². The number of nitrogens with zero attached hydrogens (tertiary/aromatic N) is 1. The van der Waals surface area contributed by atoms with Crippen LogP contribution in [-0.2, 0) is 0 Å². The second-order valence-electron chi connectivity index (χ2n) is 4.22. The molecule has 0 bridgehead atoms. The Bertz CT molecular complexity index is 718. The van der Waals surface area contributed by atoms with Gasteiger partial charge in [0.05, 0.1) is 0 Å². The molecular formula is C16H12N2O. The van der Waals surface area contributed by atoms with Crippen LogP contribution in [0.15, 0.2) is 67.0 Å². The molecule has 19 heavy (non-hydrogen) atoms. The zero-order chi connectivity index (χ0) is 13.1. The molecule has 3 aromatic rings. The summed E-state index contributed by atoms with van der Waals surface area (Å²) in [6.07, 6.45) is 3.44. The van der Waals surface area contributed by atoms with Gasteiger partial charge in [-0.3, -0.25) is 9.78 Å². The van der Waals surface area contributed by atoms with E-state index in [1.807, 2.05) is 54.6 Å². The van der Waals surface area contributed by atoms with Crippen LogP contribution in [0.1, 0.15) is 10.4 Å². The topological polar surface area (TPSA) is 42.0 Å². The average molecular weight is 248 g/mol. The lowest BCUT2D eigenvalue weighted by molar-refractivity contribution is 0.102. The average Bonchev–Trinajstić information content (AvgIpc) is 2.47. The first kappa shape index (κ1) is 11.4. The third kappa shape index (κ3) is 2.31. The predicted octanol–water partition coefficient (Wildman–Crippen LogP) is 3.49. The van der Waals surface area contributed by atoms with Gasteiger partial charge in [0.25, 0.3) is 5.91 Å². The van der Waals surface area contributed by atoms with Gasteiger partial charge in [0, 0.05) is 29.0 Å². The van der Waals surface area contributed by atoms with Crippen molar-refractivity contribution >= 4 is 22.4 Å². The summed E-state index contributed by atoms with van der Waals surface area (Å²) in [7, 11) is 0. The third-order valence-electron chi connectivity index (χ3n) is 2.96. The molecule has 0 spiro atoms. The Morgan fingerprint density at radius 2 is 1.79 bits per heavy atom. The molecule has 3 nitrogen and oxygen atoms in total. The van der Waals surface area contributed by atoms with Gasteiger partial charge >= 0.3 is 0 Å². The molecule has 1 N–H and O–H groups in total. The summed E-state index contributed by atoms with van der Waals surface area (Å²) in [5.74, 6) is -0.121. The summed E-state index contributed by atoms with van der Waals surface area (Å²) in [5, 5.41) is 4.75. The molecule has 3 rings (SSSR count). The number of hydrogen-bond acceptors (Lipinski definition) is 2. The first-order chi connectivity index (χ1) is 9.34. The number of carbonyl (C=O) groups excluding carboxylic acids is 1. The van der Waals surface area contributed by atoms with E-state index in [0.717, 1.165) is 16.5 Å². The van der Waals surface area contributed by atoms with Crippen molar-refractivity contribution in [3.8, 4) is 0 Å². The molecule has 0 fully saturated rings. The quantitative estimate of drug-likeness (QED) is 0.754. The van der Waals surface area contributed by atoms with E-state index in [1.165, 1.54) is 0 Å². The zero-order valence-electron chi connectivity index (χ0n) is 10.2. The summed E-state index contributed by atoms with van der Waals surface area (Å²) in [6, 6.07) is 17.0. The monoisotopic (exact) mass is 248 g/mol. The zero-order valence-corrected chi connectivity index (χ0v) is 10.2. The van der Waals surface area contributed by atoms with Crippen LogP contribution < -0.4 is 5.32 Å². The molecule has 1 aromatic heterocycles. The van der Waals surface area contributed by atoms with E-state index in [0.29, 0.717) is 5.56 Å². The van der Waals surface area contributed by atoms with Crippen molar-refractivity contribution in [1.82, 2.24) is 4.98 Å². The van der Waals surface area contributed by atoms with Gasteiger partial charge in [0.15, 0.2) is 0 Å². The lowest BCUT2D eigenvalue weighted by Gasteiger charge is -2.07. The van der Waals surface area contributed by atoms with Crippen LogP contribution in [0, 0.1) is 0 Å². The van der Waals surface area contributed by atoms with Crippen molar-refractivity contribution in [3.05, 3.63) is 72.6 Å². The van der Waals surface area contributed by atoms with E-state index in [-0.39, 0.29) is 5.91 Å². The van der Waals surface area contributed by atoms with Gasteiger partial charge in [-0.2, -0.15) is 0 Å². The van der Waals surface area contributed by atoms with Gasteiger partial charge in [-0.1, -0.05) is 30.3 Å². The highest BCUT2D eigenvalue weighted by Gasteiger charge is 2.09. The molecular weight excluding hydrogens is 236 g/mol. The SMILES string of the molecule is O=C(Nc1ccccc1)c1cccc2ccncc12. The molecule has 0 saturated heterocycles. The number of rotatable bonds is 2. The van der Waals surface area contributed by atoms with E-state index in [2.05, 4.69) is 10.3 Å². The maximum atomic E-state index is 12.3. The van der Waals surface area contributed by atoms with Crippen molar-refractivity contribution in [2.45, 2.75) is 0 Å². The Labute approximate surface area is 110 Å². The van der Waals surface area contributed by atoms with Gasteiger partial charge in [0.1, 0.15) is 0 Å². The molecule has 0 saturated carbocycles. The molecule has 1 heterocycles. The van der Waals surface area contributed by atoms with Crippen LogP contribution in [0.4, 0.5) is 5.69 Å². The number of fused-ring (bicyclic) bond motifs is 1. The molecule has 92 valence electrons. The Morgan fingerprint density at radius 1 is 0.947 bits per heavy atom. The number of amides is 1. The standard InChI is InChI=1S/C16H12N2O/c19-16(18-13-6-2-1-3-7-13)14-8-4-5-12-9-10-17-11-15(12)14/h1-11H,(H,18,19). The van der Waals surface area contributed by atoms with Crippen molar-refractivity contribution < 1.29 is 4.79 Å². The van der Waals surface area contributed by atoms with Crippen molar-refractivity contribution in [2.24, 2.45) is 0 Å². The fraction of sp³-hybridized carbons (Fsp3) is 0. The van der Waals surface area contributed by atoms with E-state index in [1.54, 1.807) is 12.4 Å². The number of nitrogens with one attached hydrogen (secondary N) is 1. The van der Waals surface area contributed by atoms with Crippen molar-refractivity contribution in [3.63, 3.8) is 0 Å². The molecule has 0 aliphatic heterocycles.